The molecular weight excluding hydrogens is 1350 g/mol. The van der Waals surface area contributed by atoms with Gasteiger partial charge in [0.05, 0.1) is 78.8 Å². The van der Waals surface area contributed by atoms with Crippen LogP contribution in [0.3, 0.4) is 0 Å². The summed E-state index contributed by atoms with van der Waals surface area (Å²) in [5, 5.41) is 1.62. The molecule has 26 heteroatoms. The number of hydrogen-bond acceptors (Lipinski definition) is 16. The molecule has 6 aromatic rings. The Balaban J connectivity index is 0.000000217. The molecule has 0 radical (unpaired) electrons. The van der Waals surface area contributed by atoms with Gasteiger partial charge >= 0.3 is 11.9 Å². The lowest BCUT2D eigenvalue weighted by Gasteiger charge is -2.52. The van der Waals surface area contributed by atoms with Crippen LogP contribution in [-0.4, -0.2) is 118 Å². The van der Waals surface area contributed by atoms with Gasteiger partial charge in [0, 0.05) is 35.0 Å². The highest BCUT2D eigenvalue weighted by Gasteiger charge is 2.59. The second kappa shape index (κ2) is 27.9. The highest BCUT2D eigenvalue weighted by atomic mass is 35.5. The molecule has 496 valence electrons. The van der Waals surface area contributed by atoms with Crippen molar-refractivity contribution < 1.29 is 63.7 Å². The van der Waals surface area contributed by atoms with Crippen LogP contribution in [0.4, 0.5) is 8.78 Å². The van der Waals surface area contributed by atoms with Gasteiger partial charge in [0.2, 0.25) is 0 Å². The number of carbonyl (C=O) groups excluding carboxylic acids is 4. The molecular formula is C66H74Cl4F2N4O12S4. The number of hydrogen-bond donors (Lipinski definition) is 0. The second-order valence-corrected chi connectivity index (χ2v) is 35.4. The minimum Gasteiger partial charge on any atom is -0.462 e. The molecule has 0 N–H and O–H groups in total. The molecule has 0 spiro atoms. The molecule has 4 aromatic carbocycles. The Labute approximate surface area is 564 Å². The average molecular weight is 1420 g/mol. The molecule has 10 rings (SSSR count). The van der Waals surface area contributed by atoms with Crippen molar-refractivity contribution in [3.05, 3.63) is 171 Å². The molecule has 2 aromatic heterocycles. The molecule has 8 atom stereocenters. The van der Waals surface area contributed by atoms with Gasteiger partial charge in [-0.1, -0.05) is 82.8 Å². The van der Waals surface area contributed by atoms with E-state index in [2.05, 4.69) is 9.97 Å². The SMILES string of the molecule is CCOC(=O)c1cnc(C[C@@]2(C)O[C@H](c3cccc(Cl)c3)C(c3ccc(Cl)c(F)c3)N([C@H](CS(=O)(=O)C(C)(C)C)C3CC3)C2=O)s1.CCOC(=O)c1cnc(C[C@]2(C)O[C@H](c3cccc(Cl)c3)C(c3ccc(Cl)c(F)c3)N([C@H](CS(=O)(=O)C(C)(C)C)C3CC3)C2=O)s1. The van der Waals surface area contributed by atoms with Crippen molar-refractivity contribution in [1.82, 2.24) is 19.8 Å². The van der Waals surface area contributed by atoms with E-state index in [1.807, 2.05) is 12.1 Å². The highest BCUT2D eigenvalue weighted by Crippen LogP contribution is 2.54. The largest absolute Gasteiger partial charge is 0.462 e. The Hall–Kier alpha value is -5.14. The summed E-state index contributed by atoms with van der Waals surface area (Å²) in [5.74, 6) is -4.02. The van der Waals surface area contributed by atoms with Gasteiger partial charge in [0.15, 0.2) is 30.9 Å². The van der Waals surface area contributed by atoms with Gasteiger partial charge in [-0.25, -0.2) is 45.2 Å². The fourth-order valence-corrected chi connectivity index (χ4v) is 16.8. The number of morpholine rings is 2. The van der Waals surface area contributed by atoms with Gasteiger partial charge in [-0.05, 0) is 178 Å². The number of thiazole rings is 2. The van der Waals surface area contributed by atoms with Crippen LogP contribution in [0.5, 0.6) is 0 Å². The van der Waals surface area contributed by atoms with Crippen molar-refractivity contribution in [3.8, 4) is 0 Å². The Morgan fingerprint density at radius 3 is 1.26 bits per heavy atom. The van der Waals surface area contributed by atoms with Crippen LogP contribution in [0, 0.1) is 23.5 Å². The van der Waals surface area contributed by atoms with Crippen molar-refractivity contribution in [2.24, 2.45) is 11.8 Å². The summed E-state index contributed by atoms with van der Waals surface area (Å²) in [5.41, 5.74) is -1.04. The van der Waals surface area contributed by atoms with E-state index in [1.165, 1.54) is 36.7 Å². The van der Waals surface area contributed by atoms with E-state index < -0.39 is 112 Å². The first-order valence-corrected chi connectivity index (χ1v) is 36.6. The third kappa shape index (κ3) is 15.7. The first-order chi connectivity index (χ1) is 43.1. The van der Waals surface area contributed by atoms with Crippen LogP contribution < -0.4 is 0 Å². The van der Waals surface area contributed by atoms with Gasteiger partial charge in [-0.15, -0.1) is 22.7 Å². The lowest BCUT2D eigenvalue weighted by molar-refractivity contribution is -0.202. The van der Waals surface area contributed by atoms with Crippen LogP contribution in [0.1, 0.15) is 171 Å². The number of nitrogens with zero attached hydrogens (tertiary/aromatic N) is 4. The highest BCUT2D eigenvalue weighted by molar-refractivity contribution is 7.93. The number of aromatic nitrogens is 2. The number of benzene rings is 4. The number of carbonyl (C=O) groups is 4. The third-order valence-electron chi connectivity index (χ3n) is 17.0. The first-order valence-electron chi connectivity index (χ1n) is 30.2. The maximum Gasteiger partial charge on any atom is 0.349 e. The van der Waals surface area contributed by atoms with E-state index >= 15 is 8.78 Å². The number of ether oxygens (including phenoxy) is 4. The molecule has 4 heterocycles. The van der Waals surface area contributed by atoms with Crippen LogP contribution in [0.2, 0.25) is 20.1 Å². The Kier molecular flexibility index (Phi) is 21.6. The second-order valence-electron chi connectivity index (χ2n) is 25.9. The maximum absolute atomic E-state index is 15.1. The zero-order valence-electron chi connectivity index (χ0n) is 52.5. The molecule has 4 fully saturated rings. The third-order valence-corrected chi connectivity index (χ3v) is 25.3. The number of esters is 2. The van der Waals surface area contributed by atoms with Crippen LogP contribution >= 0.6 is 69.1 Å². The number of sulfone groups is 2. The average Bonchev–Trinajstić information content (AvgIpc) is 1.04. The monoisotopic (exact) mass is 1420 g/mol. The zero-order chi connectivity index (χ0) is 67.2. The van der Waals surface area contributed by atoms with Crippen molar-refractivity contribution in [3.63, 3.8) is 0 Å². The van der Waals surface area contributed by atoms with E-state index in [4.69, 9.17) is 65.4 Å². The van der Waals surface area contributed by atoms with Gasteiger partial charge in [-0.2, -0.15) is 0 Å². The smallest absolute Gasteiger partial charge is 0.349 e. The summed E-state index contributed by atoms with van der Waals surface area (Å²) in [4.78, 5) is 67.2. The minimum atomic E-state index is -3.70. The summed E-state index contributed by atoms with van der Waals surface area (Å²) < 4.78 is 107. The van der Waals surface area contributed by atoms with Crippen molar-refractivity contribution >= 4 is 113 Å². The molecule has 2 aliphatic carbocycles. The topological polar surface area (TPSA) is 206 Å². The van der Waals surface area contributed by atoms with Crippen LogP contribution in [0.25, 0.3) is 0 Å². The molecule has 2 aliphatic heterocycles. The summed E-state index contributed by atoms with van der Waals surface area (Å²) in [6.07, 6.45) is 4.00. The number of amides is 2. The van der Waals surface area contributed by atoms with Crippen LogP contribution in [-0.2, 0) is 61.1 Å². The van der Waals surface area contributed by atoms with E-state index in [0.717, 1.165) is 48.4 Å². The Bertz CT molecular complexity index is 3730. The number of halogens is 6. The Morgan fingerprint density at radius 1 is 0.598 bits per heavy atom. The van der Waals surface area contributed by atoms with E-state index in [-0.39, 0.29) is 69.2 Å². The predicted molar refractivity (Wildman–Crippen MR) is 353 cm³/mol. The molecule has 16 nitrogen and oxygen atoms in total. The minimum absolute atomic E-state index is 0.00538. The fourth-order valence-electron chi connectivity index (χ4n) is 11.5. The van der Waals surface area contributed by atoms with Gasteiger partial charge in [-0.3, -0.25) is 9.59 Å². The lowest BCUT2D eigenvalue weighted by Crippen LogP contribution is -2.62. The zero-order valence-corrected chi connectivity index (χ0v) is 58.8. The van der Waals surface area contributed by atoms with E-state index in [9.17, 15) is 36.0 Å². The molecule has 4 aliphatic rings. The predicted octanol–water partition coefficient (Wildman–Crippen LogP) is 14.8. The first kappa shape index (κ1) is 71.2. The molecule has 92 heavy (non-hydrogen) atoms. The molecule has 2 saturated heterocycles. The standard InChI is InChI=1S/2C33H37Cl2FN2O6S2/c2*1-6-43-30(39)26-17-37-27(45-26)16-33(5)31(40)38(25(19-10-11-19)18-46(41,42)32(2,3)4)28(20-12-13-23(35)24(36)15-20)29(44-33)21-8-7-9-22(34)14-21/h2*7-9,12-15,17,19,25,28-29H,6,10-11,16,18H2,1-5H3/t25-,28?,29-,33+;25-,28?,29-,33-/m11/s1. The summed E-state index contributed by atoms with van der Waals surface area (Å²) in [6.45, 7) is 17.0. The Morgan fingerprint density at radius 2 is 0.957 bits per heavy atom. The van der Waals surface area contributed by atoms with E-state index in [0.29, 0.717) is 42.3 Å². The number of rotatable bonds is 20. The molecule has 0 bridgehead atoms. The normalized spacial score (nSPS) is 23.0. The summed E-state index contributed by atoms with van der Waals surface area (Å²) in [7, 11) is -7.41. The van der Waals surface area contributed by atoms with Crippen molar-refractivity contribution in [1.29, 1.82) is 0 Å². The van der Waals surface area contributed by atoms with Gasteiger partial charge in [0.25, 0.3) is 11.8 Å². The van der Waals surface area contributed by atoms with Crippen LogP contribution in [0.15, 0.2) is 97.3 Å². The summed E-state index contributed by atoms with van der Waals surface area (Å²) >= 11 is 27.2. The fraction of sp³-hybridized carbons (Fsp3) is 0.485. The molecule has 2 unspecified atom stereocenters. The van der Waals surface area contributed by atoms with Gasteiger partial charge < -0.3 is 28.7 Å². The maximum atomic E-state index is 15.1. The molecule has 2 amide bonds. The van der Waals surface area contributed by atoms with Crippen molar-refractivity contribution in [2.45, 2.75) is 165 Å². The van der Waals surface area contributed by atoms with E-state index in [1.54, 1.807) is 128 Å². The van der Waals surface area contributed by atoms with Gasteiger partial charge in [0.1, 0.15) is 33.6 Å². The summed E-state index contributed by atoms with van der Waals surface area (Å²) in [6, 6.07) is 19.4. The lowest BCUT2D eigenvalue weighted by atomic mass is 9.85. The quantitative estimate of drug-likeness (QED) is 0.0652. The molecule has 2 saturated carbocycles. The van der Waals surface area contributed by atoms with Crippen molar-refractivity contribution in [2.75, 3.05) is 24.7 Å².